The third-order valence-corrected chi connectivity index (χ3v) is 6.36. The molecular weight excluding hydrogens is 414 g/mol. The highest BCUT2D eigenvalue weighted by molar-refractivity contribution is 7.99. The van der Waals surface area contributed by atoms with Gasteiger partial charge >= 0.3 is 0 Å². The maximum atomic E-state index is 6.30. The van der Waals surface area contributed by atoms with Crippen LogP contribution in [0.3, 0.4) is 0 Å². The van der Waals surface area contributed by atoms with Crippen LogP contribution >= 0.6 is 24.0 Å². The quantitative estimate of drug-likeness (QED) is 0.385. The van der Waals surface area contributed by atoms with Crippen LogP contribution in [0.4, 0.5) is 0 Å². The fourth-order valence-corrected chi connectivity index (χ4v) is 4.72. The summed E-state index contributed by atoms with van der Waals surface area (Å²) in [7, 11) is 1.72. The van der Waals surface area contributed by atoms with E-state index in [0.29, 0.717) is 6.61 Å². The Bertz CT molecular complexity index is 976. The first-order chi connectivity index (χ1) is 14.7. The molecule has 1 N–H and O–H groups in total. The fraction of sp³-hybridized carbons (Fsp3) is 0.304. The first-order valence-corrected chi connectivity index (χ1v) is 11.2. The van der Waals surface area contributed by atoms with Gasteiger partial charge in [0.15, 0.2) is 10.2 Å². The summed E-state index contributed by atoms with van der Waals surface area (Å²) in [6.45, 7) is 3.56. The number of pyridine rings is 1. The molecule has 156 valence electrons. The monoisotopic (exact) mass is 439 g/mol. The average Bonchev–Trinajstić information content (AvgIpc) is 3.35. The van der Waals surface area contributed by atoms with E-state index in [1.807, 2.05) is 30.5 Å². The fourth-order valence-electron chi connectivity index (χ4n) is 3.61. The van der Waals surface area contributed by atoms with Gasteiger partial charge in [0, 0.05) is 31.4 Å². The van der Waals surface area contributed by atoms with Crippen molar-refractivity contribution in [2.75, 3.05) is 20.3 Å². The number of rotatable bonds is 8. The maximum absolute atomic E-state index is 6.30. The molecule has 1 saturated heterocycles. The molecule has 4 rings (SSSR count). The van der Waals surface area contributed by atoms with Crippen LogP contribution in [-0.4, -0.2) is 35.3 Å². The van der Waals surface area contributed by atoms with Crippen LogP contribution in [0, 0.1) is 6.92 Å². The molecule has 0 radical (unpaired) electrons. The number of methoxy groups -OCH3 is 1. The SMILES string of the molecule is COCCCN1C(=S)N[C@H](c2ccccn2)[C@@H]1c1ccc(Sc2ccc(C)cc2)o1. The van der Waals surface area contributed by atoms with E-state index in [2.05, 4.69) is 52.5 Å². The Labute approximate surface area is 186 Å². The number of thiocarbonyl (C=S) groups is 1. The lowest BCUT2D eigenvalue weighted by molar-refractivity contribution is 0.176. The van der Waals surface area contributed by atoms with E-state index in [1.54, 1.807) is 18.9 Å². The molecule has 3 aromatic rings. The molecule has 3 heterocycles. The molecular formula is C23H25N3O2S2. The Hall–Kier alpha value is -2.35. The van der Waals surface area contributed by atoms with Gasteiger partial charge in [0.05, 0.1) is 11.7 Å². The Balaban J connectivity index is 1.60. The van der Waals surface area contributed by atoms with Gasteiger partial charge in [0.2, 0.25) is 0 Å². The predicted octanol–water partition coefficient (Wildman–Crippen LogP) is 5.14. The van der Waals surface area contributed by atoms with Crippen LogP contribution in [0.5, 0.6) is 0 Å². The van der Waals surface area contributed by atoms with Gasteiger partial charge in [-0.3, -0.25) is 4.98 Å². The van der Waals surface area contributed by atoms with Crippen molar-refractivity contribution in [3.05, 3.63) is 77.8 Å². The summed E-state index contributed by atoms with van der Waals surface area (Å²) in [5.74, 6) is 0.880. The van der Waals surface area contributed by atoms with Gasteiger partial charge in [-0.15, -0.1) is 0 Å². The van der Waals surface area contributed by atoms with Gasteiger partial charge in [-0.1, -0.05) is 35.5 Å². The minimum absolute atomic E-state index is 0.0587. The normalized spacial score (nSPS) is 18.6. The Kier molecular flexibility index (Phi) is 6.72. The molecule has 0 spiro atoms. The largest absolute Gasteiger partial charge is 0.452 e. The van der Waals surface area contributed by atoms with Crippen LogP contribution in [0.1, 0.15) is 35.5 Å². The standard InChI is InChI=1S/C23H25N3O2S2/c1-16-7-9-17(10-8-16)30-20-12-11-19(28-20)22-21(18-6-3-4-13-24-18)25-23(29)26(22)14-5-15-27-2/h3-4,6-13,21-22H,5,14-15H2,1-2H3,(H,25,29)/t21-,22+/m1/s1. The number of aryl methyl sites for hydroxylation is 1. The maximum Gasteiger partial charge on any atom is 0.170 e. The summed E-state index contributed by atoms with van der Waals surface area (Å²) in [6, 6.07) is 18.4. The van der Waals surface area contributed by atoms with Crippen LogP contribution in [0.15, 0.2) is 75.2 Å². The number of nitrogens with zero attached hydrogens (tertiary/aromatic N) is 2. The number of nitrogens with one attached hydrogen (secondary N) is 1. The molecule has 0 saturated carbocycles. The number of aromatic nitrogens is 1. The first kappa shape index (κ1) is 20.9. The van der Waals surface area contributed by atoms with Crippen molar-refractivity contribution in [1.29, 1.82) is 0 Å². The van der Waals surface area contributed by atoms with E-state index in [9.17, 15) is 0 Å². The number of ether oxygens (including phenoxy) is 1. The van der Waals surface area contributed by atoms with E-state index in [0.717, 1.165) is 39.5 Å². The molecule has 1 aliphatic rings. The zero-order valence-corrected chi connectivity index (χ0v) is 18.7. The van der Waals surface area contributed by atoms with Crippen molar-refractivity contribution < 1.29 is 9.15 Å². The summed E-state index contributed by atoms with van der Waals surface area (Å²) in [4.78, 5) is 7.90. The van der Waals surface area contributed by atoms with Crippen molar-refractivity contribution >= 4 is 29.1 Å². The van der Waals surface area contributed by atoms with Crippen LogP contribution in [0.25, 0.3) is 0 Å². The number of benzene rings is 1. The molecule has 1 fully saturated rings. The summed E-state index contributed by atoms with van der Waals surface area (Å²) in [6.07, 6.45) is 2.70. The number of hydrogen-bond acceptors (Lipinski definition) is 5. The van der Waals surface area contributed by atoms with Gasteiger partial charge < -0.3 is 19.4 Å². The summed E-state index contributed by atoms with van der Waals surface area (Å²) >= 11 is 7.29. The Morgan fingerprint density at radius 3 is 2.73 bits per heavy atom. The van der Waals surface area contributed by atoms with Crippen LogP contribution in [0.2, 0.25) is 0 Å². The minimum atomic E-state index is -0.0652. The second kappa shape index (κ2) is 9.64. The molecule has 30 heavy (non-hydrogen) atoms. The smallest absolute Gasteiger partial charge is 0.170 e. The molecule has 2 aromatic heterocycles. The minimum Gasteiger partial charge on any atom is -0.452 e. The molecule has 5 nitrogen and oxygen atoms in total. The molecule has 1 aliphatic heterocycles. The molecule has 0 unspecified atom stereocenters. The molecule has 1 aromatic carbocycles. The van der Waals surface area contributed by atoms with Gasteiger partial charge in [0.25, 0.3) is 0 Å². The second-order valence-corrected chi connectivity index (χ2v) is 8.70. The lowest BCUT2D eigenvalue weighted by Crippen LogP contribution is -2.31. The van der Waals surface area contributed by atoms with Crippen molar-refractivity contribution in [3.8, 4) is 0 Å². The van der Waals surface area contributed by atoms with Gasteiger partial charge in [-0.2, -0.15) is 0 Å². The Morgan fingerprint density at radius 1 is 1.17 bits per heavy atom. The van der Waals surface area contributed by atoms with E-state index in [4.69, 9.17) is 21.4 Å². The molecule has 0 bridgehead atoms. The Morgan fingerprint density at radius 2 is 2.00 bits per heavy atom. The van der Waals surface area contributed by atoms with Crippen molar-refractivity contribution in [3.63, 3.8) is 0 Å². The lowest BCUT2D eigenvalue weighted by atomic mass is 10.0. The van der Waals surface area contributed by atoms with Crippen LogP contribution < -0.4 is 5.32 Å². The van der Waals surface area contributed by atoms with E-state index >= 15 is 0 Å². The predicted molar refractivity (Wildman–Crippen MR) is 123 cm³/mol. The van der Waals surface area contributed by atoms with E-state index in [-0.39, 0.29) is 12.1 Å². The lowest BCUT2D eigenvalue weighted by Gasteiger charge is -2.25. The van der Waals surface area contributed by atoms with Gasteiger partial charge in [0.1, 0.15) is 11.8 Å². The van der Waals surface area contributed by atoms with Crippen molar-refractivity contribution in [2.45, 2.75) is 35.4 Å². The third kappa shape index (κ3) is 4.69. The topological polar surface area (TPSA) is 50.5 Å². The van der Waals surface area contributed by atoms with Gasteiger partial charge in [-0.05, 0) is 62.0 Å². The number of furan rings is 1. The van der Waals surface area contributed by atoms with Gasteiger partial charge in [-0.25, -0.2) is 0 Å². The highest BCUT2D eigenvalue weighted by Gasteiger charge is 2.41. The number of hydrogen-bond donors (Lipinski definition) is 1. The molecule has 0 amide bonds. The van der Waals surface area contributed by atoms with E-state index < -0.39 is 0 Å². The molecule has 0 aliphatic carbocycles. The second-order valence-electron chi connectivity index (χ2n) is 7.24. The highest BCUT2D eigenvalue weighted by Crippen LogP contribution is 2.41. The molecule has 7 heteroatoms. The van der Waals surface area contributed by atoms with Crippen molar-refractivity contribution in [2.24, 2.45) is 0 Å². The summed E-state index contributed by atoms with van der Waals surface area (Å²) < 4.78 is 11.5. The third-order valence-electron chi connectivity index (χ3n) is 5.08. The zero-order valence-electron chi connectivity index (χ0n) is 17.1. The average molecular weight is 440 g/mol. The van der Waals surface area contributed by atoms with E-state index in [1.165, 1.54) is 5.56 Å². The van der Waals surface area contributed by atoms with Crippen LogP contribution in [-0.2, 0) is 4.74 Å². The first-order valence-electron chi connectivity index (χ1n) is 9.97. The highest BCUT2D eigenvalue weighted by atomic mass is 32.2. The van der Waals surface area contributed by atoms with Crippen molar-refractivity contribution in [1.82, 2.24) is 15.2 Å². The zero-order chi connectivity index (χ0) is 20.9. The summed E-state index contributed by atoms with van der Waals surface area (Å²) in [5, 5.41) is 5.03. The molecule has 2 atom stereocenters. The summed E-state index contributed by atoms with van der Waals surface area (Å²) in [5.41, 5.74) is 2.19.